The third-order valence-corrected chi connectivity index (χ3v) is 5.77. The summed E-state index contributed by atoms with van der Waals surface area (Å²) in [6.45, 7) is 11.2. The van der Waals surface area contributed by atoms with Gasteiger partial charge >= 0.3 is 0 Å². The van der Waals surface area contributed by atoms with Crippen LogP contribution in [-0.4, -0.2) is 6.54 Å². The number of rotatable bonds is 5. The van der Waals surface area contributed by atoms with Crippen LogP contribution in [0.5, 0.6) is 0 Å². The van der Waals surface area contributed by atoms with Crippen molar-refractivity contribution in [2.45, 2.75) is 65.0 Å². The Bertz CT molecular complexity index is 718. The maximum Gasteiger partial charge on any atom is 0.0429 e. The van der Waals surface area contributed by atoms with Gasteiger partial charge in [-0.1, -0.05) is 64.1 Å². The Hall–Kier alpha value is -1.80. The SMILES string of the molecule is CCc1cc2c(cc1[C@H](N)CC)N(Cc1ccccc1)CCC2(C)C. The van der Waals surface area contributed by atoms with Gasteiger partial charge in [-0.15, -0.1) is 0 Å². The van der Waals surface area contributed by atoms with Gasteiger partial charge in [0.1, 0.15) is 0 Å². The highest BCUT2D eigenvalue weighted by atomic mass is 15.1. The quantitative estimate of drug-likeness (QED) is 0.798. The molecule has 2 aromatic rings. The fourth-order valence-electron chi connectivity index (χ4n) is 3.96. The van der Waals surface area contributed by atoms with E-state index in [9.17, 15) is 0 Å². The Kier molecular flexibility index (Phi) is 5.19. The van der Waals surface area contributed by atoms with Crippen LogP contribution in [0.15, 0.2) is 42.5 Å². The van der Waals surface area contributed by atoms with Gasteiger partial charge in [-0.25, -0.2) is 0 Å². The predicted molar refractivity (Wildman–Crippen MR) is 108 cm³/mol. The molecule has 134 valence electrons. The molecular formula is C23H32N2. The fraction of sp³-hybridized carbons (Fsp3) is 0.478. The third-order valence-electron chi connectivity index (χ3n) is 5.77. The van der Waals surface area contributed by atoms with E-state index in [0.717, 1.165) is 25.9 Å². The van der Waals surface area contributed by atoms with E-state index in [1.54, 1.807) is 0 Å². The summed E-state index contributed by atoms with van der Waals surface area (Å²) in [4.78, 5) is 2.54. The first-order valence-corrected chi connectivity index (χ1v) is 9.68. The van der Waals surface area contributed by atoms with Gasteiger partial charge in [0, 0.05) is 24.8 Å². The summed E-state index contributed by atoms with van der Waals surface area (Å²) in [6, 6.07) is 15.7. The largest absolute Gasteiger partial charge is 0.367 e. The third kappa shape index (κ3) is 3.59. The minimum atomic E-state index is 0.129. The topological polar surface area (TPSA) is 29.3 Å². The van der Waals surface area contributed by atoms with Crippen molar-refractivity contribution < 1.29 is 0 Å². The minimum Gasteiger partial charge on any atom is -0.367 e. The van der Waals surface area contributed by atoms with Crippen molar-refractivity contribution in [1.29, 1.82) is 0 Å². The zero-order valence-corrected chi connectivity index (χ0v) is 16.2. The molecule has 0 fully saturated rings. The molecule has 3 rings (SSSR count). The molecule has 1 atom stereocenters. The van der Waals surface area contributed by atoms with Crippen LogP contribution >= 0.6 is 0 Å². The number of aryl methyl sites for hydroxylation is 1. The average molecular weight is 337 g/mol. The van der Waals surface area contributed by atoms with E-state index in [1.807, 2.05) is 0 Å². The first-order valence-electron chi connectivity index (χ1n) is 9.68. The molecule has 2 heteroatoms. The van der Waals surface area contributed by atoms with E-state index in [4.69, 9.17) is 5.73 Å². The zero-order valence-electron chi connectivity index (χ0n) is 16.2. The molecule has 0 saturated carbocycles. The number of hydrogen-bond donors (Lipinski definition) is 1. The fourth-order valence-corrected chi connectivity index (χ4v) is 3.96. The number of anilines is 1. The second-order valence-corrected chi connectivity index (χ2v) is 7.98. The zero-order chi connectivity index (χ0) is 18.0. The summed E-state index contributed by atoms with van der Waals surface area (Å²) < 4.78 is 0. The molecule has 0 unspecified atom stereocenters. The highest BCUT2D eigenvalue weighted by Crippen LogP contribution is 2.42. The molecule has 0 spiro atoms. The Morgan fingerprint density at radius 1 is 1.12 bits per heavy atom. The second kappa shape index (κ2) is 7.21. The maximum atomic E-state index is 6.45. The van der Waals surface area contributed by atoms with Crippen molar-refractivity contribution in [2.75, 3.05) is 11.4 Å². The van der Waals surface area contributed by atoms with Gasteiger partial charge in [-0.2, -0.15) is 0 Å². The van der Waals surface area contributed by atoms with Gasteiger partial charge in [0.05, 0.1) is 0 Å². The lowest BCUT2D eigenvalue weighted by atomic mass is 9.75. The van der Waals surface area contributed by atoms with Gasteiger partial charge in [0.25, 0.3) is 0 Å². The van der Waals surface area contributed by atoms with Gasteiger partial charge < -0.3 is 10.6 Å². The van der Waals surface area contributed by atoms with E-state index < -0.39 is 0 Å². The van der Waals surface area contributed by atoms with Crippen LogP contribution < -0.4 is 10.6 Å². The van der Waals surface area contributed by atoms with Gasteiger partial charge in [0.2, 0.25) is 0 Å². The summed E-state index contributed by atoms with van der Waals surface area (Å²) >= 11 is 0. The number of fused-ring (bicyclic) bond motifs is 1. The van der Waals surface area contributed by atoms with E-state index in [0.29, 0.717) is 0 Å². The minimum absolute atomic E-state index is 0.129. The smallest absolute Gasteiger partial charge is 0.0429 e. The number of nitrogens with zero attached hydrogens (tertiary/aromatic N) is 1. The summed E-state index contributed by atoms with van der Waals surface area (Å²) in [5.41, 5.74) is 13.7. The van der Waals surface area contributed by atoms with Crippen molar-refractivity contribution in [3.63, 3.8) is 0 Å². The predicted octanol–water partition coefficient (Wildman–Crippen LogP) is 5.35. The Labute approximate surface area is 153 Å². The molecular weight excluding hydrogens is 304 g/mol. The van der Waals surface area contributed by atoms with E-state index in [-0.39, 0.29) is 11.5 Å². The van der Waals surface area contributed by atoms with Crippen LogP contribution in [0.25, 0.3) is 0 Å². The highest BCUT2D eigenvalue weighted by Gasteiger charge is 2.32. The van der Waals surface area contributed by atoms with E-state index in [1.165, 1.54) is 34.4 Å². The summed E-state index contributed by atoms with van der Waals surface area (Å²) in [5, 5.41) is 0. The molecule has 25 heavy (non-hydrogen) atoms. The lowest BCUT2D eigenvalue weighted by molar-refractivity contribution is 0.451. The second-order valence-electron chi connectivity index (χ2n) is 7.98. The molecule has 0 aliphatic carbocycles. The number of nitrogens with two attached hydrogens (primary N) is 1. The maximum absolute atomic E-state index is 6.45. The first kappa shape index (κ1) is 18.0. The molecule has 2 aromatic carbocycles. The van der Waals surface area contributed by atoms with E-state index >= 15 is 0 Å². The first-order chi connectivity index (χ1) is 12.0. The molecule has 0 radical (unpaired) electrons. The summed E-state index contributed by atoms with van der Waals surface area (Å²) in [5.74, 6) is 0. The Morgan fingerprint density at radius 2 is 1.84 bits per heavy atom. The van der Waals surface area contributed by atoms with Crippen LogP contribution in [-0.2, 0) is 18.4 Å². The van der Waals surface area contributed by atoms with Crippen LogP contribution in [0.1, 0.15) is 68.8 Å². The number of hydrogen-bond acceptors (Lipinski definition) is 2. The summed E-state index contributed by atoms with van der Waals surface area (Å²) in [6.07, 6.45) is 3.22. The number of benzene rings is 2. The van der Waals surface area contributed by atoms with Crippen molar-refractivity contribution in [3.8, 4) is 0 Å². The lowest BCUT2D eigenvalue weighted by Crippen LogP contribution is -2.37. The Morgan fingerprint density at radius 3 is 2.48 bits per heavy atom. The molecule has 1 heterocycles. The monoisotopic (exact) mass is 336 g/mol. The molecule has 2 N–H and O–H groups in total. The van der Waals surface area contributed by atoms with Crippen molar-refractivity contribution in [3.05, 3.63) is 64.7 Å². The molecule has 1 aliphatic rings. The van der Waals surface area contributed by atoms with Gasteiger partial charge in [-0.05, 0) is 53.0 Å². The van der Waals surface area contributed by atoms with Crippen molar-refractivity contribution >= 4 is 5.69 Å². The van der Waals surface area contributed by atoms with Gasteiger partial charge in [0.15, 0.2) is 0 Å². The summed E-state index contributed by atoms with van der Waals surface area (Å²) in [7, 11) is 0. The van der Waals surface area contributed by atoms with Crippen LogP contribution in [0.3, 0.4) is 0 Å². The molecule has 0 bridgehead atoms. The average Bonchev–Trinajstić information content (AvgIpc) is 2.63. The molecule has 0 saturated heterocycles. The van der Waals surface area contributed by atoms with E-state index in [2.05, 4.69) is 75.1 Å². The van der Waals surface area contributed by atoms with Crippen molar-refractivity contribution in [2.24, 2.45) is 5.73 Å². The molecule has 0 aromatic heterocycles. The lowest BCUT2D eigenvalue weighted by Gasteiger charge is -2.41. The molecule has 0 amide bonds. The normalized spacial score (nSPS) is 17.2. The molecule has 2 nitrogen and oxygen atoms in total. The van der Waals surface area contributed by atoms with Crippen LogP contribution in [0.2, 0.25) is 0 Å². The Balaban J connectivity index is 2.06. The molecule has 1 aliphatic heterocycles. The van der Waals surface area contributed by atoms with Crippen molar-refractivity contribution in [1.82, 2.24) is 0 Å². The van der Waals surface area contributed by atoms with Crippen LogP contribution in [0, 0.1) is 0 Å². The standard InChI is InChI=1S/C23H32N2/c1-5-18-14-20-22(15-19(18)21(24)6-2)25(13-12-23(20,3)4)16-17-10-8-7-9-11-17/h7-11,14-15,21H,5-6,12-13,16,24H2,1-4H3/t21-/m1/s1. The highest BCUT2D eigenvalue weighted by molar-refractivity contribution is 5.63. The van der Waals surface area contributed by atoms with Gasteiger partial charge in [-0.3, -0.25) is 0 Å². The van der Waals surface area contributed by atoms with Crippen LogP contribution in [0.4, 0.5) is 5.69 Å².